The number of para-hydroxylation sites is 1. The third-order valence-corrected chi connectivity index (χ3v) is 2.83. The van der Waals surface area contributed by atoms with Gasteiger partial charge in [0, 0.05) is 12.1 Å². The van der Waals surface area contributed by atoms with Crippen molar-refractivity contribution in [1.29, 1.82) is 0 Å². The van der Waals surface area contributed by atoms with Crippen LogP contribution in [0.25, 0.3) is 0 Å². The van der Waals surface area contributed by atoms with E-state index < -0.39 is 0 Å². The zero-order valence-electron chi connectivity index (χ0n) is 9.70. The molecule has 1 aromatic rings. The summed E-state index contributed by atoms with van der Waals surface area (Å²) in [7, 11) is 0. The second-order valence-corrected chi connectivity index (χ2v) is 4.27. The summed E-state index contributed by atoms with van der Waals surface area (Å²) in [5, 5.41) is 13.3. The topological polar surface area (TPSA) is 41.5 Å². The molecular weight excluding hydrogens is 202 g/mol. The maximum atomic E-state index is 9.94. The Morgan fingerprint density at radius 3 is 2.94 bits per heavy atom. The summed E-state index contributed by atoms with van der Waals surface area (Å²) >= 11 is 0. The molecule has 3 heteroatoms. The molecule has 0 spiro atoms. The molecular formula is C13H19NO2. The number of nitrogens with one attached hydrogen (secondary N) is 1. The molecule has 16 heavy (non-hydrogen) atoms. The number of rotatable bonds is 6. The second kappa shape index (κ2) is 5.21. The normalized spacial score (nSPS) is 15.1. The molecule has 1 fully saturated rings. The summed E-state index contributed by atoms with van der Waals surface area (Å²) < 4.78 is 5.34. The monoisotopic (exact) mass is 221 g/mol. The van der Waals surface area contributed by atoms with Crippen molar-refractivity contribution in [3.05, 3.63) is 23.8 Å². The smallest absolute Gasteiger partial charge is 0.162 e. The molecule has 0 aliphatic heterocycles. The fourth-order valence-electron chi connectivity index (χ4n) is 1.72. The van der Waals surface area contributed by atoms with Crippen molar-refractivity contribution in [2.45, 2.75) is 26.3 Å². The Bertz CT molecular complexity index is 348. The first kappa shape index (κ1) is 11.3. The Labute approximate surface area is 96.4 Å². The van der Waals surface area contributed by atoms with Crippen LogP contribution in [-0.2, 0) is 6.54 Å². The van der Waals surface area contributed by atoms with Gasteiger partial charge in [-0.2, -0.15) is 0 Å². The van der Waals surface area contributed by atoms with Gasteiger partial charge >= 0.3 is 0 Å². The molecule has 0 heterocycles. The molecule has 0 amide bonds. The van der Waals surface area contributed by atoms with E-state index in [1.807, 2.05) is 19.1 Å². The number of aromatic hydroxyl groups is 1. The van der Waals surface area contributed by atoms with E-state index in [1.165, 1.54) is 12.8 Å². The highest BCUT2D eigenvalue weighted by Gasteiger charge is 2.20. The minimum Gasteiger partial charge on any atom is -0.504 e. The number of phenols is 1. The van der Waals surface area contributed by atoms with Gasteiger partial charge in [0.15, 0.2) is 11.5 Å². The van der Waals surface area contributed by atoms with Gasteiger partial charge in [0.05, 0.1) is 6.61 Å². The van der Waals surface area contributed by atoms with Crippen LogP contribution in [0.15, 0.2) is 18.2 Å². The van der Waals surface area contributed by atoms with Crippen LogP contribution in [0.2, 0.25) is 0 Å². The minimum atomic E-state index is 0.271. The molecule has 1 aromatic carbocycles. The van der Waals surface area contributed by atoms with Crippen LogP contribution in [0.5, 0.6) is 11.5 Å². The lowest BCUT2D eigenvalue weighted by Gasteiger charge is -2.10. The van der Waals surface area contributed by atoms with Gasteiger partial charge in [-0.25, -0.2) is 0 Å². The Hall–Kier alpha value is -1.22. The van der Waals surface area contributed by atoms with Crippen LogP contribution < -0.4 is 10.1 Å². The third kappa shape index (κ3) is 2.89. The standard InChI is InChI=1S/C13H19NO2/c1-2-16-12-5-3-4-11(13(12)15)9-14-8-10-6-7-10/h3-5,10,14-15H,2,6-9H2,1H3. The molecule has 3 nitrogen and oxygen atoms in total. The quantitative estimate of drug-likeness (QED) is 0.774. The summed E-state index contributed by atoms with van der Waals surface area (Å²) in [4.78, 5) is 0. The van der Waals surface area contributed by atoms with E-state index in [4.69, 9.17) is 4.74 Å². The van der Waals surface area contributed by atoms with E-state index in [0.717, 1.165) is 18.0 Å². The van der Waals surface area contributed by atoms with Crippen LogP contribution in [0.4, 0.5) is 0 Å². The van der Waals surface area contributed by atoms with Gasteiger partial charge in [0.2, 0.25) is 0 Å². The average Bonchev–Trinajstić information content (AvgIpc) is 3.08. The van der Waals surface area contributed by atoms with Gasteiger partial charge in [-0.1, -0.05) is 12.1 Å². The fourth-order valence-corrected chi connectivity index (χ4v) is 1.72. The van der Waals surface area contributed by atoms with Crippen LogP contribution >= 0.6 is 0 Å². The molecule has 1 saturated carbocycles. The Kier molecular flexibility index (Phi) is 3.67. The van der Waals surface area contributed by atoms with Crippen LogP contribution in [0, 0.1) is 5.92 Å². The predicted molar refractivity (Wildman–Crippen MR) is 63.7 cm³/mol. The highest BCUT2D eigenvalue weighted by Crippen LogP contribution is 2.30. The first-order valence-electron chi connectivity index (χ1n) is 5.95. The van der Waals surface area contributed by atoms with Gasteiger partial charge in [0.25, 0.3) is 0 Å². The maximum Gasteiger partial charge on any atom is 0.162 e. The maximum absolute atomic E-state index is 9.94. The van der Waals surface area contributed by atoms with Crippen molar-refractivity contribution in [1.82, 2.24) is 5.32 Å². The largest absolute Gasteiger partial charge is 0.504 e. The highest BCUT2D eigenvalue weighted by atomic mass is 16.5. The molecule has 0 saturated heterocycles. The first-order chi connectivity index (χ1) is 7.81. The van der Waals surface area contributed by atoms with Crippen LogP contribution in [-0.4, -0.2) is 18.3 Å². The molecule has 0 unspecified atom stereocenters. The van der Waals surface area contributed by atoms with Crippen molar-refractivity contribution in [2.24, 2.45) is 5.92 Å². The number of phenolic OH excluding ortho intramolecular Hbond substituents is 1. The molecule has 1 aliphatic carbocycles. The fraction of sp³-hybridized carbons (Fsp3) is 0.538. The summed E-state index contributed by atoms with van der Waals surface area (Å²) in [5.74, 6) is 1.71. The molecule has 2 rings (SSSR count). The number of ether oxygens (including phenoxy) is 1. The van der Waals surface area contributed by atoms with Gasteiger partial charge in [-0.3, -0.25) is 0 Å². The lowest BCUT2D eigenvalue weighted by molar-refractivity contribution is 0.316. The zero-order valence-corrected chi connectivity index (χ0v) is 9.70. The van der Waals surface area contributed by atoms with Gasteiger partial charge in [-0.05, 0) is 38.3 Å². The van der Waals surface area contributed by atoms with Crippen LogP contribution in [0.1, 0.15) is 25.3 Å². The SMILES string of the molecule is CCOc1cccc(CNCC2CC2)c1O. The summed E-state index contributed by atoms with van der Waals surface area (Å²) in [6, 6.07) is 5.64. The van der Waals surface area contributed by atoms with E-state index in [1.54, 1.807) is 6.07 Å². The molecule has 0 aromatic heterocycles. The summed E-state index contributed by atoms with van der Waals surface area (Å²) in [6.07, 6.45) is 2.69. The molecule has 1 aliphatic rings. The van der Waals surface area contributed by atoms with Gasteiger partial charge in [0.1, 0.15) is 0 Å². The first-order valence-corrected chi connectivity index (χ1v) is 5.95. The Morgan fingerprint density at radius 2 is 2.25 bits per heavy atom. The molecule has 0 radical (unpaired) electrons. The number of hydrogen-bond donors (Lipinski definition) is 2. The van der Waals surface area contributed by atoms with E-state index in [2.05, 4.69) is 5.32 Å². The molecule has 0 atom stereocenters. The van der Waals surface area contributed by atoms with E-state index in [-0.39, 0.29) is 5.75 Å². The number of hydrogen-bond acceptors (Lipinski definition) is 3. The van der Waals surface area contributed by atoms with Gasteiger partial charge < -0.3 is 15.2 Å². The number of benzene rings is 1. The van der Waals surface area contributed by atoms with Crippen molar-refractivity contribution >= 4 is 0 Å². The Balaban J connectivity index is 1.93. The summed E-state index contributed by atoms with van der Waals surface area (Å²) in [5.41, 5.74) is 0.909. The average molecular weight is 221 g/mol. The zero-order chi connectivity index (χ0) is 11.4. The van der Waals surface area contributed by atoms with E-state index in [0.29, 0.717) is 18.9 Å². The minimum absolute atomic E-state index is 0.271. The van der Waals surface area contributed by atoms with Crippen LogP contribution in [0.3, 0.4) is 0 Å². The second-order valence-electron chi connectivity index (χ2n) is 4.27. The predicted octanol–water partition coefficient (Wildman–Crippen LogP) is 2.29. The van der Waals surface area contributed by atoms with Crippen molar-refractivity contribution in [2.75, 3.05) is 13.2 Å². The van der Waals surface area contributed by atoms with Gasteiger partial charge in [-0.15, -0.1) is 0 Å². The molecule has 2 N–H and O–H groups in total. The lowest BCUT2D eigenvalue weighted by atomic mass is 10.2. The van der Waals surface area contributed by atoms with Crippen molar-refractivity contribution < 1.29 is 9.84 Å². The molecule has 88 valence electrons. The van der Waals surface area contributed by atoms with Crippen molar-refractivity contribution in [3.8, 4) is 11.5 Å². The summed E-state index contributed by atoms with van der Waals surface area (Å²) in [6.45, 7) is 4.26. The van der Waals surface area contributed by atoms with E-state index >= 15 is 0 Å². The van der Waals surface area contributed by atoms with Crippen molar-refractivity contribution in [3.63, 3.8) is 0 Å². The molecule has 0 bridgehead atoms. The lowest BCUT2D eigenvalue weighted by Crippen LogP contribution is -2.16. The highest BCUT2D eigenvalue weighted by molar-refractivity contribution is 5.45. The Morgan fingerprint density at radius 1 is 1.44 bits per heavy atom. The third-order valence-electron chi connectivity index (χ3n) is 2.83. The van der Waals surface area contributed by atoms with E-state index in [9.17, 15) is 5.11 Å².